The second-order valence-electron chi connectivity index (χ2n) is 4.63. The predicted molar refractivity (Wildman–Crippen MR) is 84.7 cm³/mol. The standard InChI is InChI=1S/C16H11NO4S/c18-12-5-1-10(2-6-12)9-14-15(20)17(16(21)22-14)11-3-7-13(19)8-4-11/h1-9,18-19H/b14-9-. The maximum Gasteiger partial charge on any atom is 0.298 e. The first-order valence-electron chi connectivity index (χ1n) is 6.40. The highest BCUT2D eigenvalue weighted by molar-refractivity contribution is 8.19. The van der Waals surface area contributed by atoms with Crippen LogP contribution < -0.4 is 4.90 Å². The van der Waals surface area contributed by atoms with Crippen LogP contribution in [0.3, 0.4) is 0 Å². The number of aromatic hydroxyl groups is 2. The van der Waals surface area contributed by atoms with Crippen LogP contribution in [0, 0.1) is 0 Å². The van der Waals surface area contributed by atoms with Gasteiger partial charge in [0.1, 0.15) is 11.5 Å². The summed E-state index contributed by atoms with van der Waals surface area (Å²) in [5, 5.41) is 18.1. The lowest BCUT2D eigenvalue weighted by atomic mass is 10.2. The van der Waals surface area contributed by atoms with Gasteiger partial charge in [-0.3, -0.25) is 9.59 Å². The van der Waals surface area contributed by atoms with Crippen LogP contribution in [-0.2, 0) is 4.79 Å². The number of anilines is 1. The minimum absolute atomic E-state index is 0.0651. The highest BCUT2D eigenvalue weighted by atomic mass is 32.2. The highest BCUT2D eigenvalue weighted by Crippen LogP contribution is 2.36. The van der Waals surface area contributed by atoms with E-state index in [4.69, 9.17) is 0 Å². The molecule has 1 heterocycles. The van der Waals surface area contributed by atoms with E-state index in [9.17, 15) is 19.8 Å². The lowest BCUT2D eigenvalue weighted by molar-refractivity contribution is -0.113. The van der Waals surface area contributed by atoms with E-state index in [1.165, 1.54) is 36.4 Å². The summed E-state index contributed by atoms with van der Waals surface area (Å²) in [5.74, 6) is -0.210. The largest absolute Gasteiger partial charge is 0.508 e. The third kappa shape index (κ3) is 2.68. The van der Waals surface area contributed by atoms with Crippen LogP contribution in [0.5, 0.6) is 11.5 Å². The highest BCUT2D eigenvalue weighted by Gasteiger charge is 2.36. The van der Waals surface area contributed by atoms with Crippen molar-refractivity contribution in [3.63, 3.8) is 0 Å². The second-order valence-corrected chi connectivity index (χ2v) is 5.62. The van der Waals surface area contributed by atoms with Crippen molar-refractivity contribution >= 4 is 34.7 Å². The van der Waals surface area contributed by atoms with E-state index in [0.717, 1.165) is 16.7 Å². The smallest absolute Gasteiger partial charge is 0.298 e. The molecule has 2 aromatic rings. The zero-order valence-corrected chi connectivity index (χ0v) is 12.1. The van der Waals surface area contributed by atoms with Crippen LogP contribution in [0.25, 0.3) is 6.08 Å². The number of hydrogen-bond donors (Lipinski definition) is 2. The van der Waals surface area contributed by atoms with E-state index < -0.39 is 5.91 Å². The summed E-state index contributed by atoms with van der Waals surface area (Å²) in [5.41, 5.74) is 1.13. The second kappa shape index (κ2) is 5.57. The lowest BCUT2D eigenvalue weighted by Gasteiger charge is -2.12. The number of phenolic OH excluding ortho intramolecular Hbond substituents is 2. The van der Waals surface area contributed by atoms with Crippen LogP contribution in [0.2, 0.25) is 0 Å². The van der Waals surface area contributed by atoms with Crippen LogP contribution in [0.4, 0.5) is 10.5 Å². The molecule has 0 aliphatic carbocycles. The minimum atomic E-state index is -0.409. The Morgan fingerprint density at radius 2 is 1.41 bits per heavy atom. The molecular weight excluding hydrogens is 302 g/mol. The summed E-state index contributed by atoms with van der Waals surface area (Å²) in [4.78, 5) is 25.8. The van der Waals surface area contributed by atoms with Gasteiger partial charge in [-0.15, -0.1) is 0 Å². The van der Waals surface area contributed by atoms with Crippen LogP contribution in [0.15, 0.2) is 53.4 Å². The molecule has 0 bridgehead atoms. The number of nitrogens with zero attached hydrogens (tertiary/aromatic N) is 1. The molecule has 0 saturated carbocycles. The van der Waals surface area contributed by atoms with E-state index in [0.29, 0.717) is 16.2 Å². The third-order valence-electron chi connectivity index (χ3n) is 3.09. The average molecular weight is 313 g/mol. The summed E-state index contributed by atoms with van der Waals surface area (Å²) in [6.45, 7) is 0. The van der Waals surface area contributed by atoms with Gasteiger partial charge in [0.05, 0.1) is 10.6 Å². The summed E-state index contributed by atoms with van der Waals surface area (Å²) in [6, 6.07) is 12.2. The fourth-order valence-corrected chi connectivity index (χ4v) is 2.86. The van der Waals surface area contributed by atoms with E-state index in [-0.39, 0.29) is 16.7 Å². The number of thioether (sulfide) groups is 1. The molecule has 1 fully saturated rings. The minimum Gasteiger partial charge on any atom is -0.508 e. The molecule has 2 N–H and O–H groups in total. The molecule has 0 aromatic heterocycles. The molecule has 0 atom stereocenters. The van der Waals surface area contributed by atoms with Gasteiger partial charge in [0.15, 0.2) is 0 Å². The van der Waals surface area contributed by atoms with Crippen LogP contribution in [-0.4, -0.2) is 21.4 Å². The normalized spacial score (nSPS) is 16.5. The Morgan fingerprint density at radius 3 is 2.00 bits per heavy atom. The van der Waals surface area contributed by atoms with Crippen molar-refractivity contribution in [2.45, 2.75) is 0 Å². The average Bonchev–Trinajstić information content (AvgIpc) is 2.77. The molecule has 1 aliphatic heterocycles. The number of amides is 2. The van der Waals surface area contributed by atoms with Crippen LogP contribution >= 0.6 is 11.8 Å². The first-order chi connectivity index (χ1) is 10.5. The van der Waals surface area contributed by atoms with Gasteiger partial charge in [0.2, 0.25) is 0 Å². The van der Waals surface area contributed by atoms with Gasteiger partial charge >= 0.3 is 0 Å². The summed E-state index contributed by atoms with van der Waals surface area (Å²) in [7, 11) is 0. The number of imide groups is 1. The summed E-state index contributed by atoms with van der Waals surface area (Å²) < 4.78 is 0. The number of benzene rings is 2. The topological polar surface area (TPSA) is 77.8 Å². The van der Waals surface area contributed by atoms with Crippen molar-refractivity contribution in [2.24, 2.45) is 0 Å². The van der Waals surface area contributed by atoms with Gasteiger partial charge < -0.3 is 10.2 Å². The zero-order chi connectivity index (χ0) is 15.7. The Balaban J connectivity index is 1.91. The Morgan fingerprint density at radius 1 is 0.864 bits per heavy atom. The Labute approximate surface area is 130 Å². The molecule has 22 heavy (non-hydrogen) atoms. The molecule has 5 nitrogen and oxygen atoms in total. The Hall–Kier alpha value is -2.73. The molecule has 1 saturated heterocycles. The predicted octanol–water partition coefficient (Wildman–Crippen LogP) is 3.34. The van der Waals surface area contributed by atoms with E-state index >= 15 is 0 Å². The maximum atomic E-state index is 12.4. The third-order valence-corrected chi connectivity index (χ3v) is 3.96. The zero-order valence-electron chi connectivity index (χ0n) is 11.3. The number of rotatable bonds is 2. The van der Waals surface area contributed by atoms with E-state index in [1.54, 1.807) is 18.2 Å². The van der Waals surface area contributed by atoms with Gasteiger partial charge in [-0.25, -0.2) is 4.90 Å². The SMILES string of the molecule is O=C1S/C(=C\c2ccc(O)cc2)C(=O)N1c1ccc(O)cc1. The summed E-state index contributed by atoms with van der Waals surface area (Å²) >= 11 is 0.853. The van der Waals surface area contributed by atoms with Crippen molar-refractivity contribution in [1.82, 2.24) is 0 Å². The Kier molecular flexibility index (Phi) is 3.60. The fraction of sp³-hybridized carbons (Fsp3) is 0. The van der Waals surface area contributed by atoms with Crippen molar-refractivity contribution in [1.29, 1.82) is 0 Å². The van der Waals surface area contributed by atoms with Crippen LogP contribution in [0.1, 0.15) is 5.56 Å². The number of carbonyl (C=O) groups excluding carboxylic acids is 2. The first kappa shape index (κ1) is 14.2. The van der Waals surface area contributed by atoms with E-state index in [1.807, 2.05) is 0 Å². The maximum absolute atomic E-state index is 12.4. The molecule has 0 radical (unpaired) electrons. The molecule has 2 aromatic carbocycles. The molecule has 1 aliphatic rings. The quantitative estimate of drug-likeness (QED) is 0.831. The first-order valence-corrected chi connectivity index (χ1v) is 7.22. The number of carbonyl (C=O) groups is 2. The number of phenols is 2. The molecular formula is C16H11NO4S. The van der Waals surface area contributed by atoms with Gasteiger partial charge in [-0.2, -0.15) is 0 Å². The summed E-state index contributed by atoms with van der Waals surface area (Å²) in [6.07, 6.45) is 1.60. The van der Waals surface area contributed by atoms with Gasteiger partial charge in [-0.1, -0.05) is 12.1 Å². The van der Waals surface area contributed by atoms with Gasteiger partial charge in [-0.05, 0) is 59.8 Å². The molecule has 0 unspecified atom stereocenters. The molecule has 0 spiro atoms. The molecule has 6 heteroatoms. The fourth-order valence-electron chi connectivity index (χ4n) is 2.01. The van der Waals surface area contributed by atoms with Gasteiger partial charge in [0.25, 0.3) is 11.1 Å². The number of hydrogen-bond acceptors (Lipinski definition) is 5. The molecule has 2 amide bonds. The van der Waals surface area contributed by atoms with Crippen molar-refractivity contribution in [2.75, 3.05) is 4.90 Å². The molecule has 3 rings (SSSR count). The Bertz CT molecular complexity index is 766. The monoisotopic (exact) mass is 313 g/mol. The van der Waals surface area contributed by atoms with Gasteiger partial charge in [0, 0.05) is 0 Å². The van der Waals surface area contributed by atoms with Crippen molar-refractivity contribution < 1.29 is 19.8 Å². The lowest BCUT2D eigenvalue weighted by Crippen LogP contribution is -2.27. The van der Waals surface area contributed by atoms with Crippen molar-refractivity contribution in [3.05, 3.63) is 59.0 Å². The van der Waals surface area contributed by atoms with Crippen molar-refractivity contribution in [3.8, 4) is 11.5 Å². The molecule has 110 valence electrons. The van der Waals surface area contributed by atoms with E-state index in [2.05, 4.69) is 0 Å².